The van der Waals surface area contributed by atoms with Gasteiger partial charge in [-0.2, -0.15) is 0 Å². The number of para-hydroxylation sites is 1. The van der Waals surface area contributed by atoms with E-state index < -0.39 is 0 Å². The molecule has 1 aromatic heterocycles. The van der Waals surface area contributed by atoms with Gasteiger partial charge in [-0.05, 0) is 42.2 Å². The van der Waals surface area contributed by atoms with E-state index >= 15 is 0 Å². The molecule has 0 radical (unpaired) electrons. The van der Waals surface area contributed by atoms with Crippen molar-refractivity contribution in [1.29, 1.82) is 0 Å². The highest BCUT2D eigenvalue weighted by Gasteiger charge is 2.29. The normalized spacial score (nSPS) is 15.6. The first-order valence-electron chi connectivity index (χ1n) is 11.7. The number of aromatic amines is 1. The van der Waals surface area contributed by atoms with Gasteiger partial charge in [0.15, 0.2) is 0 Å². The molecule has 4 rings (SSSR count). The van der Waals surface area contributed by atoms with Gasteiger partial charge in [-0.1, -0.05) is 44.2 Å². The molecule has 33 heavy (non-hydrogen) atoms. The fourth-order valence-corrected chi connectivity index (χ4v) is 4.70. The number of carbonyl (C=O) groups excluding carboxylic acids is 2. The molecule has 1 saturated heterocycles. The maximum Gasteiger partial charge on any atom is 0.225 e. The molecule has 3 aromatic rings. The highest BCUT2D eigenvalue weighted by atomic mass is 16.5. The predicted octanol–water partition coefficient (Wildman–Crippen LogP) is 4.32. The van der Waals surface area contributed by atoms with E-state index in [1.807, 2.05) is 49.2 Å². The monoisotopic (exact) mass is 447 g/mol. The number of carbonyl (C=O) groups is 2. The van der Waals surface area contributed by atoms with Gasteiger partial charge in [-0.15, -0.1) is 0 Å². The lowest BCUT2D eigenvalue weighted by Gasteiger charge is -2.32. The summed E-state index contributed by atoms with van der Waals surface area (Å²) in [6.45, 7) is 5.66. The summed E-state index contributed by atoms with van der Waals surface area (Å²) in [7, 11) is 1.66. The van der Waals surface area contributed by atoms with Crippen LogP contribution in [0, 0.1) is 11.8 Å². The van der Waals surface area contributed by atoms with Crippen LogP contribution in [0.2, 0.25) is 0 Å². The number of aromatic nitrogens is 1. The van der Waals surface area contributed by atoms with Crippen molar-refractivity contribution in [3.05, 3.63) is 65.9 Å². The molecule has 6 nitrogen and oxygen atoms in total. The van der Waals surface area contributed by atoms with E-state index in [1.165, 1.54) is 0 Å². The van der Waals surface area contributed by atoms with E-state index in [0.717, 1.165) is 27.8 Å². The SMILES string of the molecule is COc1ccc([C@H](CNC(=O)C2CCN(C(=O)C(C)C)CC2)c2c[nH]c3ccccc23)cc1. The summed E-state index contributed by atoms with van der Waals surface area (Å²) in [6, 6.07) is 16.3. The number of rotatable bonds is 7. The first-order chi connectivity index (χ1) is 16.0. The topological polar surface area (TPSA) is 74.4 Å². The Kier molecular flexibility index (Phi) is 7.02. The molecule has 0 spiro atoms. The van der Waals surface area contributed by atoms with Crippen molar-refractivity contribution in [2.75, 3.05) is 26.7 Å². The highest BCUT2D eigenvalue weighted by molar-refractivity contribution is 5.85. The van der Waals surface area contributed by atoms with Crippen LogP contribution in [0.4, 0.5) is 0 Å². The van der Waals surface area contributed by atoms with E-state index in [-0.39, 0.29) is 29.6 Å². The Labute approximate surface area is 195 Å². The summed E-state index contributed by atoms with van der Waals surface area (Å²) >= 11 is 0. The number of likely N-dealkylation sites (tertiary alicyclic amines) is 1. The zero-order valence-corrected chi connectivity index (χ0v) is 19.6. The molecule has 6 heteroatoms. The average Bonchev–Trinajstić information content (AvgIpc) is 3.28. The molecular weight excluding hydrogens is 414 g/mol. The smallest absolute Gasteiger partial charge is 0.225 e. The Balaban J connectivity index is 1.48. The maximum absolute atomic E-state index is 13.0. The molecule has 2 amide bonds. The number of nitrogens with zero attached hydrogens (tertiary/aromatic N) is 1. The first-order valence-corrected chi connectivity index (χ1v) is 11.7. The molecule has 0 saturated carbocycles. The summed E-state index contributed by atoms with van der Waals surface area (Å²) in [6.07, 6.45) is 3.47. The van der Waals surface area contributed by atoms with Crippen LogP contribution in [0.25, 0.3) is 10.9 Å². The fourth-order valence-electron chi connectivity index (χ4n) is 4.70. The number of H-pyrrole nitrogens is 1. The standard InChI is InChI=1S/C27H33N3O3/c1-18(2)27(32)30-14-12-20(13-15-30)26(31)29-16-23(19-8-10-21(33-3)11-9-19)24-17-28-25-7-5-4-6-22(24)25/h4-11,17-18,20,23,28H,12-16H2,1-3H3,(H,29,31)/t23-/m0/s1. The second-order valence-corrected chi connectivity index (χ2v) is 9.11. The van der Waals surface area contributed by atoms with Crippen molar-refractivity contribution in [2.45, 2.75) is 32.6 Å². The number of piperidine rings is 1. The third-order valence-corrected chi connectivity index (χ3v) is 6.67. The summed E-state index contributed by atoms with van der Waals surface area (Å²) in [5, 5.41) is 4.37. The van der Waals surface area contributed by atoms with E-state index in [9.17, 15) is 9.59 Å². The lowest BCUT2D eigenvalue weighted by atomic mass is 9.90. The lowest BCUT2D eigenvalue weighted by Crippen LogP contribution is -2.44. The molecule has 0 unspecified atom stereocenters. The number of ether oxygens (including phenoxy) is 1. The molecule has 0 bridgehead atoms. The minimum Gasteiger partial charge on any atom is -0.497 e. The van der Waals surface area contributed by atoms with Crippen LogP contribution in [-0.4, -0.2) is 48.4 Å². The number of nitrogens with one attached hydrogen (secondary N) is 2. The first kappa shape index (κ1) is 22.9. The molecule has 1 aliphatic heterocycles. The third-order valence-electron chi connectivity index (χ3n) is 6.67. The number of hydrogen-bond acceptors (Lipinski definition) is 3. The van der Waals surface area contributed by atoms with Crippen LogP contribution in [0.15, 0.2) is 54.7 Å². The minimum atomic E-state index is -0.0549. The largest absolute Gasteiger partial charge is 0.497 e. The van der Waals surface area contributed by atoms with Crippen LogP contribution in [-0.2, 0) is 9.59 Å². The van der Waals surface area contributed by atoms with Gasteiger partial charge in [0.1, 0.15) is 5.75 Å². The second-order valence-electron chi connectivity index (χ2n) is 9.11. The van der Waals surface area contributed by atoms with E-state index in [1.54, 1.807) is 7.11 Å². The van der Waals surface area contributed by atoms with Crippen molar-refractivity contribution in [2.24, 2.45) is 11.8 Å². The number of amides is 2. The summed E-state index contributed by atoms with van der Waals surface area (Å²) in [5.41, 5.74) is 3.37. The fraction of sp³-hybridized carbons (Fsp3) is 0.407. The molecule has 2 aromatic carbocycles. The zero-order valence-electron chi connectivity index (χ0n) is 19.6. The van der Waals surface area contributed by atoms with Crippen LogP contribution >= 0.6 is 0 Å². The van der Waals surface area contributed by atoms with Gasteiger partial charge >= 0.3 is 0 Å². The van der Waals surface area contributed by atoms with Crippen molar-refractivity contribution in [3.8, 4) is 5.75 Å². The number of hydrogen-bond donors (Lipinski definition) is 2. The maximum atomic E-state index is 13.0. The van der Waals surface area contributed by atoms with Gasteiger partial charge in [-0.25, -0.2) is 0 Å². The van der Waals surface area contributed by atoms with Gasteiger partial charge in [0, 0.05) is 54.5 Å². The summed E-state index contributed by atoms with van der Waals surface area (Å²) in [4.78, 5) is 30.5. The van der Waals surface area contributed by atoms with Gasteiger partial charge in [-0.3, -0.25) is 9.59 Å². The van der Waals surface area contributed by atoms with Crippen molar-refractivity contribution >= 4 is 22.7 Å². The Morgan fingerprint density at radius 1 is 1.09 bits per heavy atom. The van der Waals surface area contributed by atoms with Crippen molar-refractivity contribution in [3.63, 3.8) is 0 Å². The quantitative estimate of drug-likeness (QED) is 0.567. The Hall–Kier alpha value is -3.28. The third kappa shape index (κ3) is 5.05. The van der Waals surface area contributed by atoms with Gasteiger partial charge in [0.05, 0.1) is 7.11 Å². The van der Waals surface area contributed by atoms with E-state index in [0.29, 0.717) is 32.5 Å². The summed E-state index contributed by atoms with van der Waals surface area (Å²) < 4.78 is 5.32. The molecule has 174 valence electrons. The van der Waals surface area contributed by atoms with Gasteiger partial charge < -0.3 is 19.9 Å². The van der Waals surface area contributed by atoms with Gasteiger partial charge in [0.25, 0.3) is 0 Å². The second kappa shape index (κ2) is 10.1. The average molecular weight is 448 g/mol. The Morgan fingerprint density at radius 3 is 2.45 bits per heavy atom. The number of benzene rings is 2. The molecule has 2 heterocycles. The van der Waals surface area contributed by atoms with Crippen molar-refractivity contribution < 1.29 is 14.3 Å². The molecule has 1 atom stereocenters. The molecule has 1 aliphatic rings. The molecule has 1 fully saturated rings. The lowest BCUT2D eigenvalue weighted by molar-refractivity contribution is -0.138. The number of methoxy groups -OCH3 is 1. The van der Waals surface area contributed by atoms with Gasteiger partial charge in [0.2, 0.25) is 11.8 Å². The highest BCUT2D eigenvalue weighted by Crippen LogP contribution is 2.31. The van der Waals surface area contributed by atoms with Crippen LogP contribution in [0.1, 0.15) is 43.7 Å². The zero-order chi connectivity index (χ0) is 23.4. The van der Waals surface area contributed by atoms with Crippen LogP contribution in [0.5, 0.6) is 5.75 Å². The van der Waals surface area contributed by atoms with Crippen molar-refractivity contribution in [1.82, 2.24) is 15.2 Å². The van der Waals surface area contributed by atoms with Crippen LogP contribution < -0.4 is 10.1 Å². The number of fused-ring (bicyclic) bond motifs is 1. The minimum absolute atomic E-state index is 0.00296. The molecular formula is C27H33N3O3. The van der Waals surface area contributed by atoms with Crippen LogP contribution in [0.3, 0.4) is 0 Å². The Bertz CT molecular complexity index is 1100. The molecule has 0 aliphatic carbocycles. The van der Waals surface area contributed by atoms with E-state index in [4.69, 9.17) is 4.74 Å². The Morgan fingerprint density at radius 2 is 1.79 bits per heavy atom. The molecule has 2 N–H and O–H groups in total. The predicted molar refractivity (Wildman–Crippen MR) is 130 cm³/mol. The summed E-state index contributed by atoms with van der Waals surface area (Å²) in [5.74, 6) is 1.01. The van der Waals surface area contributed by atoms with E-state index in [2.05, 4.69) is 34.6 Å².